The number of ether oxygens (including phenoxy) is 1. The second kappa shape index (κ2) is 11.1. The van der Waals surface area contributed by atoms with Gasteiger partial charge in [-0.15, -0.1) is 0 Å². The summed E-state index contributed by atoms with van der Waals surface area (Å²) in [6.07, 6.45) is 12.0. The first-order valence-corrected chi connectivity index (χ1v) is 12.6. The van der Waals surface area contributed by atoms with Gasteiger partial charge in [0.15, 0.2) is 0 Å². The summed E-state index contributed by atoms with van der Waals surface area (Å²) in [4.78, 5) is 9.02. The summed E-state index contributed by atoms with van der Waals surface area (Å²) in [5.41, 5.74) is 3.83. The standard InChI is InChI=1S/C25H34Cl2N4O/c1-16(15-32-2)31-19-7-5-17(6-8-19)9-20-10-22(24(26)14-29-20)23-11-21(13-30-25(23)27)28-12-18-3-4-18/h10-11,13-14,16-19,28,31H,3-9,12,15H2,1-2H3/t16-,17?,19?/m1/s1. The van der Waals surface area contributed by atoms with Gasteiger partial charge in [0, 0.05) is 48.8 Å². The summed E-state index contributed by atoms with van der Waals surface area (Å²) in [6.45, 7) is 3.93. The molecule has 1 atom stereocenters. The fraction of sp³-hybridized carbons (Fsp3) is 0.600. The van der Waals surface area contributed by atoms with Gasteiger partial charge < -0.3 is 15.4 Å². The fourth-order valence-electron chi connectivity index (χ4n) is 4.65. The highest BCUT2D eigenvalue weighted by atomic mass is 35.5. The number of hydrogen-bond acceptors (Lipinski definition) is 5. The highest BCUT2D eigenvalue weighted by Crippen LogP contribution is 2.36. The third kappa shape index (κ3) is 6.57. The average molecular weight is 477 g/mol. The van der Waals surface area contributed by atoms with Crippen LogP contribution >= 0.6 is 23.2 Å². The lowest BCUT2D eigenvalue weighted by atomic mass is 9.83. The van der Waals surface area contributed by atoms with Crippen LogP contribution in [-0.4, -0.2) is 42.3 Å². The van der Waals surface area contributed by atoms with Gasteiger partial charge in [0.05, 0.1) is 23.5 Å². The van der Waals surface area contributed by atoms with E-state index in [9.17, 15) is 0 Å². The molecule has 2 fully saturated rings. The van der Waals surface area contributed by atoms with Crippen LogP contribution < -0.4 is 10.6 Å². The molecule has 32 heavy (non-hydrogen) atoms. The fourth-order valence-corrected chi connectivity index (χ4v) is 5.06. The van der Waals surface area contributed by atoms with Gasteiger partial charge in [-0.3, -0.25) is 4.98 Å². The van der Waals surface area contributed by atoms with E-state index in [2.05, 4.69) is 39.7 Å². The molecule has 0 aromatic carbocycles. The number of nitrogens with one attached hydrogen (secondary N) is 2. The van der Waals surface area contributed by atoms with Crippen LogP contribution in [0.25, 0.3) is 11.1 Å². The Hall–Kier alpha value is -1.40. The van der Waals surface area contributed by atoms with Crippen molar-refractivity contribution in [2.45, 2.75) is 64.0 Å². The van der Waals surface area contributed by atoms with E-state index in [4.69, 9.17) is 27.9 Å². The van der Waals surface area contributed by atoms with Gasteiger partial charge in [0.1, 0.15) is 5.15 Å². The first-order chi connectivity index (χ1) is 15.5. The summed E-state index contributed by atoms with van der Waals surface area (Å²) in [7, 11) is 1.76. The molecule has 0 saturated heterocycles. The second-order valence-corrected chi connectivity index (χ2v) is 10.3. The molecule has 2 aliphatic carbocycles. The molecule has 7 heteroatoms. The van der Waals surface area contributed by atoms with Gasteiger partial charge in [-0.1, -0.05) is 23.2 Å². The van der Waals surface area contributed by atoms with Crippen molar-refractivity contribution >= 4 is 28.9 Å². The quantitative estimate of drug-likeness (QED) is 0.411. The van der Waals surface area contributed by atoms with Crippen molar-refractivity contribution in [3.63, 3.8) is 0 Å². The number of nitrogens with zero attached hydrogens (tertiary/aromatic N) is 2. The molecule has 5 nitrogen and oxygen atoms in total. The molecule has 2 N–H and O–H groups in total. The highest BCUT2D eigenvalue weighted by molar-refractivity contribution is 6.35. The molecule has 2 heterocycles. The van der Waals surface area contributed by atoms with Gasteiger partial charge in [0.2, 0.25) is 0 Å². The van der Waals surface area contributed by atoms with Crippen molar-refractivity contribution in [2.75, 3.05) is 25.6 Å². The minimum absolute atomic E-state index is 0.398. The zero-order valence-corrected chi connectivity index (χ0v) is 20.6. The molecule has 0 radical (unpaired) electrons. The minimum atomic E-state index is 0.398. The van der Waals surface area contributed by atoms with Gasteiger partial charge in [0.25, 0.3) is 0 Å². The maximum atomic E-state index is 6.54. The van der Waals surface area contributed by atoms with Gasteiger partial charge in [-0.05, 0) is 75.8 Å². The molecule has 2 aliphatic rings. The summed E-state index contributed by atoms with van der Waals surface area (Å²) in [5, 5.41) is 8.24. The van der Waals surface area contributed by atoms with E-state index < -0.39 is 0 Å². The van der Waals surface area contributed by atoms with E-state index in [1.54, 1.807) is 19.5 Å². The topological polar surface area (TPSA) is 59.1 Å². The third-order valence-electron chi connectivity index (χ3n) is 6.61. The number of rotatable bonds is 10. The third-order valence-corrected chi connectivity index (χ3v) is 7.22. The Morgan fingerprint density at radius 3 is 2.47 bits per heavy atom. The maximum Gasteiger partial charge on any atom is 0.137 e. The number of pyridine rings is 2. The molecule has 0 amide bonds. The normalized spacial score (nSPS) is 22.0. The van der Waals surface area contributed by atoms with Crippen molar-refractivity contribution in [2.24, 2.45) is 11.8 Å². The zero-order valence-electron chi connectivity index (χ0n) is 19.0. The summed E-state index contributed by atoms with van der Waals surface area (Å²) in [5.74, 6) is 1.44. The van der Waals surface area contributed by atoms with E-state index in [-0.39, 0.29) is 0 Å². The van der Waals surface area contributed by atoms with Crippen LogP contribution in [0.3, 0.4) is 0 Å². The number of halogens is 2. The molecule has 0 bridgehead atoms. The van der Waals surface area contributed by atoms with Crippen molar-refractivity contribution in [3.8, 4) is 11.1 Å². The van der Waals surface area contributed by atoms with E-state index >= 15 is 0 Å². The lowest BCUT2D eigenvalue weighted by molar-refractivity contribution is 0.158. The number of hydrogen-bond donors (Lipinski definition) is 2. The molecule has 2 aromatic rings. The lowest BCUT2D eigenvalue weighted by Gasteiger charge is -2.31. The van der Waals surface area contributed by atoms with Crippen LogP contribution in [0.1, 0.15) is 51.1 Å². The smallest absolute Gasteiger partial charge is 0.137 e. The number of aromatic nitrogens is 2. The molecule has 0 spiro atoms. The van der Waals surface area contributed by atoms with Crippen LogP contribution in [0, 0.1) is 11.8 Å². The van der Waals surface area contributed by atoms with Crippen molar-refractivity contribution < 1.29 is 4.74 Å². The summed E-state index contributed by atoms with van der Waals surface area (Å²) < 4.78 is 5.25. The molecule has 0 aliphatic heterocycles. The molecular weight excluding hydrogens is 443 g/mol. The lowest BCUT2D eigenvalue weighted by Crippen LogP contribution is -2.41. The van der Waals surface area contributed by atoms with Crippen LogP contribution in [-0.2, 0) is 11.2 Å². The molecule has 2 saturated carbocycles. The Bertz CT molecular complexity index is 898. The Morgan fingerprint density at radius 1 is 1.00 bits per heavy atom. The van der Waals surface area contributed by atoms with Gasteiger partial charge in [-0.2, -0.15) is 0 Å². The Labute approximate surface area is 201 Å². The van der Waals surface area contributed by atoms with E-state index in [0.29, 0.717) is 28.2 Å². The highest BCUT2D eigenvalue weighted by Gasteiger charge is 2.24. The monoisotopic (exact) mass is 476 g/mol. The first-order valence-electron chi connectivity index (χ1n) is 11.8. The van der Waals surface area contributed by atoms with E-state index in [0.717, 1.165) is 48.0 Å². The van der Waals surface area contributed by atoms with Crippen LogP contribution in [0.2, 0.25) is 10.2 Å². The Balaban J connectivity index is 1.39. The van der Waals surface area contributed by atoms with Crippen LogP contribution in [0.15, 0.2) is 24.5 Å². The maximum absolute atomic E-state index is 6.54. The summed E-state index contributed by atoms with van der Waals surface area (Å²) >= 11 is 13.0. The number of methoxy groups -OCH3 is 1. The summed E-state index contributed by atoms with van der Waals surface area (Å²) in [6, 6.07) is 5.14. The van der Waals surface area contributed by atoms with E-state index in [1.165, 1.54) is 38.5 Å². The molecule has 0 unspecified atom stereocenters. The average Bonchev–Trinajstić information content (AvgIpc) is 3.61. The molecule has 174 valence electrons. The molecule has 2 aromatic heterocycles. The molecular formula is C25H34Cl2N4O. The second-order valence-electron chi connectivity index (χ2n) is 9.49. The zero-order chi connectivity index (χ0) is 22.5. The van der Waals surface area contributed by atoms with Crippen LogP contribution in [0.5, 0.6) is 0 Å². The predicted molar refractivity (Wildman–Crippen MR) is 133 cm³/mol. The molecule has 4 rings (SSSR count). The number of anilines is 1. The van der Waals surface area contributed by atoms with Gasteiger partial charge in [-0.25, -0.2) is 4.98 Å². The first kappa shape index (κ1) is 23.7. The minimum Gasteiger partial charge on any atom is -0.384 e. The largest absolute Gasteiger partial charge is 0.384 e. The Morgan fingerprint density at radius 2 is 1.75 bits per heavy atom. The van der Waals surface area contributed by atoms with Crippen LogP contribution in [0.4, 0.5) is 5.69 Å². The van der Waals surface area contributed by atoms with E-state index in [1.807, 2.05) is 0 Å². The van der Waals surface area contributed by atoms with Crippen molar-refractivity contribution in [3.05, 3.63) is 40.4 Å². The predicted octanol–water partition coefficient (Wildman–Crippen LogP) is 6.00. The van der Waals surface area contributed by atoms with Gasteiger partial charge >= 0.3 is 0 Å². The van der Waals surface area contributed by atoms with Crippen molar-refractivity contribution in [1.82, 2.24) is 15.3 Å². The SMILES string of the molecule is COC[C@@H](C)NC1CCC(Cc2cc(-c3cc(NCC4CC4)cnc3Cl)c(Cl)cn2)CC1. The Kier molecular flexibility index (Phi) is 8.27. The van der Waals surface area contributed by atoms with Crippen molar-refractivity contribution in [1.29, 1.82) is 0 Å².